The minimum atomic E-state index is -0.730. The third kappa shape index (κ3) is 5.71. The van der Waals surface area contributed by atoms with E-state index in [-0.39, 0.29) is 12.3 Å². The molecule has 1 aliphatic rings. The number of likely N-dealkylation sites (tertiary alicyclic amines) is 1. The van der Waals surface area contributed by atoms with Crippen molar-refractivity contribution in [2.75, 3.05) is 27.3 Å². The Balaban J connectivity index is 2.26. The summed E-state index contributed by atoms with van der Waals surface area (Å²) in [5, 5.41) is 4.29. The third-order valence-corrected chi connectivity index (χ3v) is 5.04. The van der Waals surface area contributed by atoms with Gasteiger partial charge in [-0.1, -0.05) is 31.5 Å². The Hall–Kier alpha value is -3.10. The number of carbonyl (C=O) groups excluding carboxylic acids is 4. The molecule has 164 valence electrons. The number of imide groups is 1. The van der Waals surface area contributed by atoms with Crippen LogP contribution in [0.2, 0.25) is 0 Å². The summed E-state index contributed by atoms with van der Waals surface area (Å²) >= 11 is 0. The van der Waals surface area contributed by atoms with E-state index in [4.69, 9.17) is 9.47 Å². The number of para-hydroxylation sites is 1. The number of nitrogens with zero attached hydrogens (tertiary/aromatic N) is 1. The molecule has 1 heterocycles. The predicted octanol–water partition coefficient (Wildman–Crippen LogP) is 1.77. The van der Waals surface area contributed by atoms with Gasteiger partial charge in [-0.2, -0.15) is 0 Å². The minimum Gasteiger partial charge on any atom is -0.496 e. The van der Waals surface area contributed by atoms with Gasteiger partial charge in [0.05, 0.1) is 19.1 Å². The molecule has 4 amide bonds. The lowest BCUT2D eigenvalue weighted by Gasteiger charge is -2.40. The monoisotopic (exact) mass is 419 g/mol. The van der Waals surface area contributed by atoms with E-state index in [1.165, 1.54) is 14.2 Å². The van der Waals surface area contributed by atoms with E-state index in [1.807, 2.05) is 30.4 Å². The number of esters is 1. The Bertz CT molecular complexity index is 782. The Labute approximate surface area is 176 Å². The largest absolute Gasteiger partial charge is 0.496 e. The summed E-state index contributed by atoms with van der Waals surface area (Å²) in [6, 6.07) is 6.03. The van der Waals surface area contributed by atoms with E-state index in [0.717, 1.165) is 18.4 Å². The van der Waals surface area contributed by atoms with Gasteiger partial charge in [0, 0.05) is 25.6 Å². The molecule has 9 nitrogen and oxygen atoms in total. The molecule has 0 aromatic heterocycles. The van der Waals surface area contributed by atoms with E-state index in [1.54, 1.807) is 11.0 Å². The fourth-order valence-electron chi connectivity index (χ4n) is 3.56. The van der Waals surface area contributed by atoms with Gasteiger partial charge in [0.15, 0.2) is 6.61 Å². The van der Waals surface area contributed by atoms with Crippen molar-refractivity contribution in [3.63, 3.8) is 0 Å². The second kappa shape index (κ2) is 11.2. The molecular weight excluding hydrogens is 390 g/mol. The zero-order valence-corrected chi connectivity index (χ0v) is 17.6. The van der Waals surface area contributed by atoms with Gasteiger partial charge in [-0.3, -0.25) is 19.7 Å². The Morgan fingerprint density at radius 2 is 1.97 bits per heavy atom. The van der Waals surface area contributed by atoms with Gasteiger partial charge in [0.2, 0.25) is 5.91 Å². The lowest BCUT2D eigenvalue weighted by atomic mass is 9.83. The predicted molar refractivity (Wildman–Crippen MR) is 109 cm³/mol. The maximum atomic E-state index is 12.9. The van der Waals surface area contributed by atoms with E-state index >= 15 is 0 Å². The molecule has 0 radical (unpaired) electrons. The Morgan fingerprint density at radius 1 is 1.23 bits per heavy atom. The average molecular weight is 419 g/mol. The summed E-state index contributed by atoms with van der Waals surface area (Å²) in [7, 11) is 2.91. The zero-order valence-electron chi connectivity index (χ0n) is 17.6. The van der Waals surface area contributed by atoms with Crippen molar-refractivity contribution in [2.24, 2.45) is 5.92 Å². The number of hydrogen-bond acceptors (Lipinski definition) is 6. The van der Waals surface area contributed by atoms with Gasteiger partial charge in [0.25, 0.3) is 5.91 Å². The fraction of sp³-hybridized carbons (Fsp3) is 0.524. The summed E-state index contributed by atoms with van der Waals surface area (Å²) in [6.07, 6.45) is 2.23. The fourth-order valence-corrected chi connectivity index (χ4v) is 3.56. The third-order valence-electron chi connectivity index (χ3n) is 5.04. The van der Waals surface area contributed by atoms with Crippen molar-refractivity contribution in [3.05, 3.63) is 29.8 Å². The van der Waals surface area contributed by atoms with E-state index < -0.39 is 36.5 Å². The molecule has 0 aliphatic carbocycles. The number of ether oxygens (including phenoxy) is 2. The van der Waals surface area contributed by atoms with Crippen LogP contribution in [0.3, 0.4) is 0 Å². The molecule has 0 bridgehead atoms. The zero-order chi connectivity index (χ0) is 22.1. The topological polar surface area (TPSA) is 114 Å². The van der Waals surface area contributed by atoms with Gasteiger partial charge >= 0.3 is 12.0 Å². The standard InChI is InChI=1S/C21H29N3O6/c1-4-5-12-24-18(26)11-10-15(19(24)14-8-6-7-9-16(14)29-3)20(27)30-13-17(25)23-21(28)22-2/h6-9,15,19H,4-5,10-13H2,1-3H3,(H2,22,23,25,28). The molecule has 1 aromatic carbocycles. The number of urea groups is 1. The molecule has 1 fully saturated rings. The van der Waals surface area contributed by atoms with Gasteiger partial charge in [0.1, 0.15) is 5.75 Å². The van der Waals surface area contributed by atoms with Crippen LogP contribution in [0.15, 0.2) is 24.3 Å². The molecular formula is C21H29N3O6. The van der Waals surface area contributed by atoms with Crippen LogP contribution in [0.4, 0.5) is 4.79 Å². The number of methoxy groups -OCH3 is 1. The Kier molecular flexibility index (Phi) is 8.64. The highest BCUT2D eigenvalue weighted by molar-refractivity contribution is 5.95. The highest BCUT2D eigenvalue weighted by Crippen LogP contribution is 2.41. The summed E-state index contributed by atoms with van der Waals surface area (Å²) in [5.74, 6) is -1.42. The molecule has 30 heavy (non-hydrogen) atoms. The van der Waals surface area contributed by atoms with Crippen LogP contribution in [-0.2, 0) is 19.1 Å². The number of nitrogens with one attached hydrogen (secondary N) is 2. The normalized spacial score (nSPS) is 18.5. The summed E-state index contributed by atoms with van der Waals surface area (Å²) in [4.78, 5) is 50.3. The highest BCUT2D eigenvalue weighted by Gasteiger charge is 2.42. The van der Waals surface area contributed by atoms with Gasteiger partial charge in [-0.05, 0) is 18.9 Å². The van der Waals surface area contributed by atoms with Crippen LogP contribution in [-0.4, -0.2) is 56.0 Å². The number of unbranched alkanes of at least 4 members (excludes halogenated alkanes) is 1. The van der Waals surface area contributed by atoms with Gasteiger partial charge < -0.3 is 19.7 Å². The molecule has 0 spiro atoms. The summed E-state index contributed by atoms with van der Waals surface area (Å²) in [5.41, 5.74) is 0.723. The molecule has 1 saturated heterocycles. The van der Waals surface area contributed by atoms with Crippen LogP contribution in [0.25, 0.3) is 0 Å². The van der Waals surface area contributed by atoms with Gasteiger partial charge in [-0.25, -0.2) is 4.79 Å². The number of rotatable bonds is 8. The van der Waals surface area contributed by atoms with Crippen LogP contribution in [0, 0.1) is 5.92 Å². The second-order valence-corrected chi connectivity index (χ2v) is 7.01. The van der Waals surface area contributed by atoms with Crippen LogP contribution in [0.1, 0.15) is 44.2 Å². The van der Waals surface area contributed by atoms with Crippen molar-refractivity contribution in [3.8, 4) is 5.75 Å². The van der Waals surface area contributed by atoms with Crippen molar-refractivity contribution < 1.29 is 28.7 Å². The van der Waals surface area contributed by atoms with Crippen LogP contribution >= 0.6 is 0 Å². The first kappa shape index (κ1) is 23.2. The SMILES string of the molecule is CCCCN1C(=O)CCC(C(=O)OCC(=O)NC(=O)NC)C1c1ccccc1OC. The lowest BCUT2D eigenvalue weighted by Crippen LogP contribution is -2.47. The van der Waals surface area contributed by atoms with E-state index in [0.29, 0.717) is 18.7 Å². The maximum Gasteiger partial charge on any atom is 0.321 e. The number of amides is 4. The molecule has 2 unspecified atom stereocenters. The maximum absolute atomic E-state index is 12.9. The van der Waals surface area contributed by atoms with Crippen molar-refractivity contribution >= 4 is 23.8 Å². The van der Waals surface area contributed by atoms with Crippen molar-refractivity contribution in [1.82, 2.24) is 15.5 Å². The lowest BCUT2D eigenvalue weighted by molar-refractivity contribution is -0.159. The van der Waals surface area contributed by atoms with Crippen LogP contribution in [0.5, 0.6) is 5.75 Å². The highest BCUT2D eigenvalue weighted by atomic mass is 16.5. The molecule has 0 saturated carbocycles. The van der Waals surface area contributed by atoms with E-state index in [9.17, 15) is 19.2 Å². The number of benzene rings is 1. The summed E-state index contributed by atoms with van der Waals surface area (Å²) in [6.45, 7) is 1.96. The van der Waals surface area contributed by atoms with E-state index in [2.05, 4.69) is 5.32 Å². The van der Waals surface area contributed by atoms with Gasteiger partial charge in [-0.15, -0.1) is 0 Å². The molecule has 2 rings (SSSR count). The van der Waals surface area contributed by atoms with Crippen LogP contribution < -0.4 is 15.4 Å². The number of piperidine rings is 1. The second-order valence-electron chi connectivity index (χ2n) is 7.01. The smallest absolute Gasteiger partial charge is 0.321 e. The molecule has 9 heteroatoms. The first-order valence-corrected chi connectivity index (χ1v) is 10.0. The van der Waals surface area contributed by atoms with Crippen molar-refractivity contribution in [1.29, 1.82) is 0 Å². The molecule has 1 aliphatic heterocycles. The quantitative estimate of drug-likeness (QED) is 0.621. The minimum absolute atomic E-state index is 0.0271. The number of hydrogen-bond donors (Lipinski definition) is 2. The molecule has 2 atom stereocenters. The Morgan fingerprint density at radius 3 is 2.63 bits per heavy atom. The summed E-state index contributed by atoms with van der Waals surface area (Å²) < 4.78 is 10.7. The average Bonchev–Trinajstić information content (AvgIpc) is 2.76. The first-order chi connectivity index (χ1) is 14.4. The van der Waals surface area contributed by atoms with Crippen molar-refractivity contribution in [2.45, 2.75) is 38.6 Å². The molecule has 1 aromatic rings. The molecule has 2 N–H and O–H groups in total. The number of carbonyl (C=O) groups is 4. The first-order valence-electron chi connectivity index (χ1n) is 10.0.